The predicted molar refractivity (Wildman–Crippen MR) is 141 cm³/mol. The van der Waals surface area contributed by atoms with Crippen LogP contribution in [-0.2, 0) is 57.2 Å². The highest BCUT2D eigenvalue weighted by molar-refractivity contribution is 7.71. The summed E-state index contributed by atoms with van der Waals surface area (Å²) < 4.78 is 33.7. The molecule has 0 saturated carbocycles. The van der Waals surface area contributed by atoms with Gasteiger partial charge in [0.2, 0.25) is 5.91 Å². The number of nitrogens with one attached hydrogen (secondary N) is 1. The summed E-state index contributed by atoms with van der Waals surface area (Å²) in [6.07, 6.45) is -5.84. The number of ether oxygens (including phenoxy) is 6. The van der Waals surface area contributed by atoms with Crippen molar-refractivity contribution in [2.24, 2.45) is 0 Å². The molecular formula is C26H32N2O13S. The standard InChI is InChI=1S/C26H32N2O13S/c1-13(29)27-22-19(37-15(3)31)11-26(40-18(6)34,25(35)28-10-8-7-9-21(28)42)41-24(22)23(39-17(5)33)20(38-16(4)32)12-36-14(2)30/h7-10,19-20,22-24H,11-12H2,1-6H3,(H,27,29)/t19?,20?,22?,23?,24?,26-/m0/s1. The summed E-state index contributed by atoms with van der Waals surface area (Å²) in [5.74, 6) is -8.71. The van der Waals surface area contributed by atoms with Gasteiger partial charge in [-0.15, -0.1) is 0 Å². The Kier molecular flexibility index (Phi) is 11.9. The largest absolute Gasteiger partial charge is 0.462 e. The minimum atomic E-state index is -2.58. The topological polar surface area (TPSA) is 192 Å². The Morgan fingerprint density at radius 1 is 0.952 bits per heavy atom. The second-order valence-electron chi connectivity index (χ2n) is 9.25. The van der Waals surface area contributed by atoms with Gasteiger partial charge in [-0.25, -0.2) is 0 Å². The molecule has 1 fully saturated rings. The summed E-state index contributed by atoms with van der Waals surface area (Å²) in [6, 6.07) is 3.05. The third-order valence-electron chi connectivity index (χ3n) is 5.67. The lowest BCUT2D eigenvalue weighted by Gasteiger charge is -2.48. The van der Waals surface area contributed by atoms with Crippen LogP contribution in [0.5, 0.6) is 0 Å². The Balaban J connectivity index is 2.86. The quantitative estimate of drug-likeness (QED) is 0.221. The van der Waals surface area contributed by atoms with E-state index in [2.05, 4.69) is 5.32 Å². The lowest BCUT2D eigenvalue weighted by molar-refractivity contribution is -0.287. The van der Waals surface area contributed by atoms with Gasteiger partial charge in [0.05, 0.1) is 12.5 Å². The van der Waals surface area contributed by atoms with E-state index in [1.54, 1.807) is 6.07 Å². The molecule has 1 N–H and O–H groups in total. The van der Waals surface area contributed by atoms with Crippen LogP contribution in [0.3, 0.4) is 0 Å². The third kappa shape index (κ3) is 9.17. The summed E-state index contributed by atoms with van der Waals surface area (Å²) in [6.45, 7) is 5.65. The highest BCUT2D eigenvalue weighted by Crippen LogP contribution is 2.37. The van der Waals surface area contributed by atoms with Crippen LogP contribution in [-0.4, -0.2) is 89.1 Å². The van der Waals surface area contributed by atoms with Crippen molar-refractivity contribution in [1.29, 1.82) is 0 Å². The van der Waals surface area contributed by atoms with E-state index in [1.807, 2.05) is 0 Å². The van der Waals surface area contributed by atoms with Crippen molar-refractivity contribution >= 4 is 53.9 Å². The van der Waals surface area contributed by atoms with Crippen molar-refractivity contribution in [2.75, 3.05) is 6.61 Å². The number of pyridine rings is 1. The molecule has 0 aliphatic carbocycles. The number of amides is 1. The molecule has 2 heterocycles. The number of hydrogen-bond acceptors (Lipinski definition) is 14. The Labute approximate surface area is 245 Å². The molecule has 42 heavy (non-hydrogen) atoms. The molecule has 1 aromatic rings. The van der Waals surface area contributed by atoms with Gasteiger partial charge in [0, 0.05) is 47.7 Å². The maximum atomic E-state index is 14.0. The third-order valence-corrected chi connectivity index (χ3v) is 6.01. The van der Waals surface area contributed by atoms with Gasteiger partial charge < -0.3 is 33.7 Å². The van der Waals surface area contributed by atoms with E-state index < -0.39 is 90.9 Å². The van der Waals surface area contributed by atoms with Gasteiger partial charge in [-0.3, -0.25) is 38.1 Å². The predicted octanol–water partition coefficient (Wildman–Crippen LogP) is 0.769. The molecule has 0 spiro atoms. The molecule has 6 atom stereocenters. The highest BCUT2D eigenvalue weighted by atomic mass is 32.1. The summed E-state index contributed by atoms with van der Waals surface area (Å²) in [5, 5.41) is 2.54. The number of hydrogen-bond donors (Lipinski definition) is 1. The van der Waals surface area contributed by atoms with E-state index >= 15 is 0 Å². The van der Waals surface area contributed by atoms with Crippen molar-refractivity contribution in [2.45, 2.75) is 84.2 Å². The van der Waals surface area contributed by atoms with Crippen LogP contribution in [0.25, 0.3) is 0 Å². The molecule has 15 nitrogen and oxygen atoms in total. The Morgan fingerprint density at radius 3 is 2.10 bits per heavy atom. The molecule has 0 aromatic carbocycles. The average Bonchev–Trinajstić information content (AvgIpc) is 2.85. The van der Waals surface area contributed by atoms with Gasteiger partial charge in [-0.1, -0.05) is 18.3 Å². The van der Waals surface area contributed by atoms with Gasteiger partial charge in [-0.2, -0.15) is 0 Å². The Morgan fingerprint density at radius 2 is 1.60 bits per heavy atom. The average molecular weight is 613 g/mol. The van der Waals surface area contributed by atoms with E-state index in [-0.39, 0.29) is 4.64 Å². The van der Waals surface area contributed by atoms with Gasteiger partial charge in [0.25, 0.3) is 5.79 Å². The number of esters is 5. The molecule has 0 bridgehead atoms. The fourth-order valence-electron chi connectivity index (χ4n) is 4.37. The van der Waals surface area contributed by atoms with Gasteiger partial charge in [0.15, 0.2) is 12.2 Å². The minimum absolute atomic E-state index is 0.00798. The van der Waals surface area contributed by atoms with E-state index in [0.717, 1.165) is 46.1 Å². The molecule has 1 aromatic heterocycles. The summed E-state index contributed by atoms with van der Waals surface area (Å²) in [7, 11) is 0. The van der Waals surface area contributed by atoms with E-state index in [0.29, 0.717) is 0 Å². The highest BCUT2D eigenvalue weighted by Gasteiger charge is 2.60. The molecule has 16 heteroatoms. The minimum Gasteiger partial charge on any atom is -0.462 e. The monoisotopic (exact) mass is 612 g/mol. The number of carbonyl (C=O) groups is 7. The van der Waals surface area contributed by atoms with E-state index in [4.69, 9.17) is 40.6 Å². The number of carbonyl (C=O) groups excluding carboxylic acids is 7. The van der Waals surface area contributed by atoms with Gasteiger partial charge in [0.1, 0.15) is 23.5 Å². The lowest BCUT2D eigenvalue weighted by atomic mass is 9.87. The number of nitrogens with zero attached hydrogens (tertiary/aromatic N) is 1. The van der Waals surface area contributed by atoms with Crippen LogP contribution in [0, 0.1) is 4.64 Å². The first-order valence-corrected chi connectivity index (χ1v) is 13.0. The molecule has 1 amide bonds. The molecular weight excluding hydrogens is 580 g/mol. The second-order valence-corrected chi connectivity index (χ2v) is 9.66. The smallest absolute Gasteiger partial charge is 0.305 e. The first kappa shape index (κ1) is 34.0. The van der Waals surface area contributed by atoms with Crippen molar-refractivity contribution in [3.63, 3.8) is 0 Å². The van der Waals surface area contributed by atoms with Gasteiger partial charge >= 0.3 is 35.8 Å². The van der Waals surface area contributed by atoms with Crippen molar-refractivity contribution in [1.82, 2.24) is 9.88 Å². The zero-order valence-electron chi connectivity index (χ0n) is 23.8. The van der Waals surface area contributed by atoms with Crippen molar-refractivity contribution in [3.05, 3.63) is 29.0 Å². The summed E-state index contributed by atoms with van der Waals surface area (Å²) in [4.78, 5) is 86.7. The molecule has 0 radical (unpaired) electrons. The van der Waals surface area contributed by atoms with Crippen molar-refractivity contribution < 1.29 is 62.0 Å². The zero-order chi connectivity index (χ0) is 31.8. The Hall–Kier alpha value is -4.18. The van der Waals surface area contributed by atoms with E-state index in [9.17, 15) is 33.6 Å². The van der Waals surface area contributed by atoms with Crippen LogP contribution in [0.15, 0.2) is 24.4 Å². The van der Waals surface area contributed by atoms with Crippen LogP contribution < -0.4 is 5.32 Å². The fraction of sp³-hybridized carbons (Fsp3) is 0.538. The van der Waals surface area contributed by atoms with Crippen LogP contribution in [0.2, 0.25) is 0 Å². The summed E-state index contributed by atoms with van der Waals surface area (Å²) in [5.41, 5.74) is 0. The van der Waals surface area contributed by atoms with Crippen LogP contribution in [0.4, 0.5) is 0 Å². The second kappa shape index (κ2) is 14.6. The molecule has 2 rings (SSSR count). The molecule has 5 unspecified atom stereocenters. The maximum absolute atomic E-state index is 14.0. The van der Waals surface area contributed by atoms with Gasteiger partial charge in [-0.05, 0) is 12.1 Å². The van der Waals surface area contributed by atoms with Crippen LogP contribution in [0.1, 0.15) is 52.8 Å². The fourth-order valence-corrected chi connectivity index (χ4v) is 4.59. The first-order valence-electron chi connectivity index (χ1n) is 12.6. The van der Waals surface area contributed by atoms with E-state index in [1.165, 1.54) is 18.3 Å². The maximum Gasteiger partial charge on any atom is 0.305 e. The number of aromatic nitrogens is 1. The molecule has 1 saturated heterocycles. The number of rotatable bonds is 10. The first-order chi connectivity index (χ1) is 19.6. The lowest BCUT2D eigenvalue weighted by Crippen LogP contribution is -2.69. The molecule has 230 valence electrons. The zero-order valence-corrected chi connectivity index (χ0v) is 24.6. The van der Waals surface area contributed by atoms with Crippen molar-refractivity contribution in [3.8, 4) is 0 Å². The Bertz CT molecular complexity index is 1290. The summed E-state index contributed by atoms with van der Waals surface area (Å²) >= 11 is 5.25. The SMILES string of the molecule is CC(=O)NC1C(OC(C)=O)C[C@@](OC(C)=O)(C(=O)n2ccccc2=S)OC1C(OC(C)=O)C(COC(C)=O)OC(C)=O. The van der Waals surface area contributed by atoms with Crippen LogP contribution >= 0.6 is 12.2 Å². The molecule has 1 aliphatic rings. The molecule has 1 aliphatic heterocycles. The normalized spacial score (nSPS) is 22.9.